The van der Waals surface area contributed by atoms with Gasteiger partial charge in [-0.25, -0.2) is 0 Å². The normalized spacial score (nSPS) is 13.0. The predicted octanol–water partition coefficient (Wildman–Crippen LogP) is 6.65. The van der Waals surface area contributed by atoms with Gasteiger partial charge in [-0.05, 0) is 50.3 Å². The lowest BCUT2D eigenvalue weighted by Gasteiger charge is -2.43. The Bertz CT molecular complexity index is 979. The van der Waals surface area contributed by atoms with Gasteiger partial charge in [-0.15, -0.1) is 0 Å². The summed E-state index contributed by atoms with van der Waals surface area (Å²) in [5.74, 6) is 0. The maximum atomic E-state index is 8.81. The molecule has 0 aliphatic heterocycles. The first-order valence-corrected chi connectivity index (χ1v) is 13.5. The Hall–Kier alpha value is -3.45. The third-order valence-corrected chi connectivity index (χ3v) is 11.3. The molecular weight excluding hydrogens is 458 g/mol. The van der Waals surface area contributed by atoms with Crippen LogP contribution in [-0.4, -0.2) is 34.6 Å². The maximum Gasteiger partial charge on any atom is 0.261 e. The molecule has 10 nitrogen and oxygen atoms in total. The van der Waals surface area contributed by atoms with Crippen LogP contribution in [0, 0.1) is 5.41 Å². The molecule has 0 saturated carbocycles. The Kier molecular flexibility index (Phi) is 10.7. The van der Waals surface area contributed by atoms with Gasteiger partial charge in [0.25, 0.3) is 8.32 Å². The van der Waals surface area contributed by atoms with Gasteiger partial charge in [-0.1, -0.05) is 103 Å². The molecule has 0 heterocycles. The SMILES string of the molecule is CC(C)(C)[Si](OCCCCC(CN=[N+]=[N-])(CN=[N+]=[N-])CN=[N+]=[N-])(c1ccccc1)c1ccccc1. The average molecular weight is 492 g/mol. The van der Waals surface area contributed by atoms with Crippen molar-refractivity contribution in [3.63, 3.8) is 0 Å². The van der Waals surface area contributed by atoms with Crippen LogP contribution in [0.3, 0.4) is 0 Å². The Morgan fingerprint density at radius 3 is 1.51 bits per heavy atom. The summed E-state index contributed by atoms with van der Waals surface area (Å²) in [6.07, 6.45) is 2.07. The highest BCUT2D eigenvalue weighted by Crippen LogP contribution is 2.37. The molecule has 0 atom stereocenters. The molecule has 0 saturated heterocycles. The molecule has 2 rings (SSSR count). The third-order valence-electron chi connectivity index (χ3n) is 6.24. The first-order chi connectivity index (χ1) is 16.8. The van der Waals surface area contributed by atoms with Crippen LogP contribution in [0.25, 0.3) is 31.3 Å². The van der Waals surface area contributed by atoms with Crippen LogP contribution >= 0.6 is 0 Å². The zero-order valence-corrected chi connectivity index (χ0v) is 21.7. The van der Waals surface area contributed by atoms with E-state index in [1.807, 2.05) is 12.1 Å². The van der Waals surface area contributed by atoms with Crippen molar-refractivity contribution in [2.24, 2.45) is 20.8 Å². The molecule has 2 aromatic carbocycles. The van der Waals surface area contributed by atoms with E-state index in [0.717, 1.165) is 12.8 Å². The minimum Gasteiger partial charge on any atom is -0.407 e. The van der Waals surface area contributed by atoms with Crippen LogP contribution in [0.5, 0.6) is 0 Å². The first kappa shape index (κ1) is 27.8. The number of unbranched alkanes of at least 4 members (excludes halogenated alkanes) is 1. The van der Waals surface area contributed by atoms with Gasteiger partial charge < -0.3 is 4.43 Å². The van der Waals surface area contributed by atoms with Gasteiger partial charge in [0.2, 0.25) is 0 Å². The van der Waals surface area contributed by atoms with E-state index in [1.165, 1.54) is 10.4 Å². The van der Waals surface area contributed by atoms with E-state index in [-0.39, 0.29) is 24.7 Å². The summed E-state index contributed by atoms with van der Waals surface area (Å²) < 4.78 is 6.92. The topological polar surface area (TPSA) is 156 Å². The van der Waals surface area contributed by atoms with Crippen molar-refractivity contribution in [3.8, 4) is 0 Å². The number of benzene rings is 2. The minimum atomic E-state index is -2.61. The molecule has 0 bridgehead atoms. The average Bonchev–Trinajstić information content (AvgIpc) is 2.87. The van der Waals surface area contributed by atoms with Crippen molar-refractivity contribution in [2.45, 2.75) is 45.1 Å². The second kappa shape index (κ2) is 13.4. The van der Waals surface area contributed by atoms with Gasteiger partial charge in [0.15, 0.2) is 0 Å². The fraction of sp³-hybridized carbons (Fsp3) is 0.500. The Labute approximate surface area is 207 Å². The van der Waals surface area contributed by atoms with Gasteiger partial charge in [0.05, 0.1) is 0 Å². The summed E-state index contributed by atoms with van der Waals surface area (Å²) in [5.41, 5.74) is 25.7. The van der Waals surface area contributed by atoms with E-state index < -0.39 is 13.7 Å². The number of azide groups is 3. The highest BCUT2D eigenvalue weighted by Gasteiger charge is 2.49. The molecule has 0 radical (unpaired) electrons. The summed E-state index contributed by atoms with van der Waals surface area (Å²) in [6, 6.07) is 20.9. The first-order valence-electron chi connectivity index (χ1n) is 11.6. The smallest absolute Gasteiger partial charge is 0.261 e. The molecular formula is C24H33N9OSi. The van der Waals surface area contributed by atoms with Crippen LogP contribution < -0.4 is 10.4 Å². The van der Waals surface area contributed by atoms with Crippen molar-refractivity contribution in [2.75, 3.05) is 26.2 Å². The van der Waals surface area contributed by atoms with E-state index >= 15 is 0 Å². The van der Waals surface area contributed by atoms with E-state index in [2.05, 4.69) is 99.4 Å². The van der Waals surface area contributed by atoms with Crippen molar-refractivity contribution in [1.82, 2.24) is 0 Å². The van der Waals surface area contributed by atoms with Crippen LogP contribution in [0.15, 0.2) is 76.0 Å². The Morgan fingerprint density at radius 2 is 1.14 bits per heavy atom. The summed E-state index contributed by atoms with van der Waals surface area (Å²) in [5, 5.41) is 13.4. The summed E-state index contributed by atoms with van der Waals surface area (Å²) >= 11 is 0. The van der Waals surface area contributed by atoms with Crippen molar-refractivity contribution in [3.05, 3.63) is 92.0 Å². The molecule has 0 aliphatic carbocycles. The summed E-state index contributed by atoms with van der Waals surface area (Å²) in [7, 11) is -2.61. The largest absolute Gasteiger partial charge is 0.407 e. The standard InChI is InChI=1S/C24H33N9OSi/c1-23(2,3)35(21-12-6-4-7-13-21,22-14-8-5-9-15-22)34-17-11-10-16-24(18-28-31-25,19-29-32-26)20-30-33-27/h4-9,12-15H,10-11,16-20H2,1-3H3. The fourth-order valence-corrected chi connectivity index (χ4v) is 9.13. The van der Waals surface area contributed by atoms with Crippen LogP contribution in [-0.2, 0) is 4.43 Å². The molecule has 11 heteroatoms. The van der Waals surface area contributed by atoms with Crippen LogP contribution in [0.2, 0.25) is 5.04 Å². The number of hydrogen-bond acceptors (Lipinski definition) is 4. The third kappa shape index (κ3) is 7.26. The fourth-order valence-electron chi connectivity index (χ4n) is 4.52. The van der Waals surface area contributed by atoms with Crippen molar-refractivity contribution < 1.29 is 4.43 Å². The number of hydrogen-bond donors (Lipinski definition) is 0. The van der Waals surface area contributed by atoms with Crippen molar-refractivity contribution in [1.29, 1.82) is 0 Å². The second-order valence-corrected chi connectivity index (χ2v) is 13.9. The molecule has 184 valence electrons. The monoisotopic (exact) mass is 491 g/mol. The van der Waals surface area contributed by atoms with Crippen LogP contribution in [0.4, 0.5) is 0 Å². The van der Waals surface area contributed by atoms with E-state index in [0.29, 0.717) is 13.0 Å². The lowest BCUT2D eigenvalue weighted by molar-refractivity contribution is 0.251. The lowest BCUT2D eigenvalue weighted by atomic mass is 9.83. The summed E-state index contributed by atoms with van der Waals surface area (Å²) in [6.45, 7) is 7.55. The van der Waals surface area contributed by atoms with E-state index in [1.54, 1.807) is 0 Å². The molecule has 0 amide bonds. The highest BCUT2D eigenvalue weighted by atomic mass is 28.4. The Morgan fingerprint density at radius 1 is 0.714 bits per heavy atom. The van der Waals surface area contributed by atoms with Gasteiger partial charge in [0.1, 0.15) is 0 Å². The van der Waals surface area contributed by atoms with Gasteiger partial charge in [-0.2, -0.15) is 0 Å². The molecule has 2 aromatic rings. The van der Waals surface area contributed by atoms with Crippen molar-refractivity contribution >= 4 is 18.7 Å². The number of rotatable bonds is 14. The molecule has 0 aromatic heterocycles. The molecule has 35 heavy (non-hydrogen) atoms. The van der Waals surface area contributed by atoms with Gasteiger partial charge >= 0.3 is 0 Å². The number of nitrogens with zero attached hydrogens (tertiary/aromatic N) is 9. The molecule has 0 spiro atoms. The molecule has 0 unspecified atom stereocenters. The highest BCUT2D eigenvalue weighted by molar-refractivity contribution is 6.99. The Balaban J connectivity index is 2.25. The zero-order valence-electron chi connectivity index (χ0n) is 20.7. The van der Waals surface area contributed by atoms with Crippen LogP contribution in [0.1, 0.15) is 40.0 Å². The quantitative estimate of drug-likeness (QED) is 0.0936. The molecule has 0 aliphatic rings. The molecule has 0 fully saturated rings. The molecule has 0 N–H and O–H groups in total. The van der Waals surface area contributed by atoms with E-state index in [9.17, 15) is 0 Å². The predicted molar refractivity (Wildman–Crippen MR) is 142 cm³/mol. The summed E-state index contributed by atoms with van der Waals surface area (Å²) in [4.78, 5) is 8.53. The van der Waals surface area contributed by atoms with Gasteiger partial charge in [0, 0.05) is 41.0 Å². The van der Waals surface area contributed by atoms with Gasteiger partial charge in [-0.3, -0.25) is 0 Å². The maximum absolute atomic E-state index is 8.81. The minimum absolute atomic E-state index is 0.0944. The lowest BCUT2D eigenvalue weighted by Crippen LogP contribution is -2.66. The zero-order chi connectivity index (χ0) is 25.6. The second-order valence-electron chi connectivity index (χ2n) is 9.64. The van der Waals surface area contributed by atoms with E-state index in [4.69, 9.17) is 21.0 Å².